The van der Waals surface area contributed by atoms with E-state index in [1.54, 1.807) is 12.1 Å². The molecule has 4 nitrogen and oxygen atoms in total. The van der Waals surface area contributed by atoms with Gasteiger partial charge in [-0.3, -0.25) is 4.90 Å². The zero-order valence-electron chi connectivity index (χ0n) is 11.1. The number of nitrogens with zero attached hydrogens (tertiary/aromatic N) is 1. The van der Waals surface area contributed by atoms with E-state index >= 15 is 0 Å². The summed E-state index contributed by atoms with van der Waals surface area (Å²) in [4.78, 5) is 13.4. The first-order valence-electron chi connectivity index (χ1n) is 6.88. The van der Waals surface area contributed by atoms with Crippen LogP contribution >= 0.6 is 0 Å². The number of aliphatic hydroxyl groups excluding tert-OH is 1. The second-order valence-corrected chi connectivity index (χ2v) is 5.09. The Balaban J connectivity index is 2.14. The molecule has 1 aliphatic rings. The van der Waals surface area contributed by atoms with Crippen molar-refractivity contribution in [3.8, 4) is 0 Å². The van der Waals surface area contributed by atoms with Crippen LogP contribution < -0.4 is 0 Å². The van der Waals surface area contributed by atoms with Crippen molar-refractivity contribution in [1.29, 1.82) is 0 Å². The van der Waals surface area contributed by atoms with Crippen molar-refractivity contribution < 1.29 is 15.0 Å². The van der Waals surface area contributed by atoms with Gasteiger partial charge in [0.1, 0.15) is 0 Å². The first-order chi connectivity index (χ1) is 9.22. The third kappa shape index (κ3) is 3.55. The molecule has 0 atom stereocenters. The predicted octanol–water partition coefficient (Wildman–Crippen LogP) is 2.12. The van der Waals surface area contributed by atoms with Crippen LogP contribution in [0.3, 0.4) is 0 Å². The minimum absolute atomic E-state index is 0.117. The molecule has 0 heterocycles. The molecule has 0 spiro atoms. The summed E-state index contributed by atoms with van der Waals surface area (Å²) in [6, 6.07) is 7.60. The zero-order chi connectivity index (χ0) is 13.7. The molecule has 2 N–H and O–H groups in total. The van der Waals surface area contributed by atoms with Crippen LogP contribution in [0, 0.1) is 0 Å². The number of hydrogen-bond acceptors (Lipinski definition) is 3. The fourth-order valence-electron chi connectivity index (χ4n) is 2.87. The normalized spacial score (nSPS) is 16.1. The highest BCUT2D eigenvalue weighted by Crippen LogP contribution is 2.25. The van der Waals surface area contributed by atoms with Crippen LogP contribution in [0.25, 0.3) is 0 Å². The van der Waals surface area contributed by atoms with Gasteiger partial charge in [-0.05, 0) is 24.5 Å². The molecule has 1 aliphatic carbocycles. The molecule has 0 aromatic heterocycles. The first-order valence-corrected chi connectivity index (χ1v) is 6.88. The molecule has 0 radical (unpaired) electrons. The Morgan fingerprint density at radius 1 is 1.26 bits per heavy atom. The fourth-order valence-corrected chi connectivity index (χ4v) is 2.87. The maximum atomic E-state index is 11.2. The molecule has 1 aromatic rings. The topological polar surface area (TPSA) is 60.8 Å². The number of carbonyl (C=O) groups is 1. The SMILES string of the molecule is O=C(O)c1ccccc1CN(CCO)C1CCCC1. The third-order valence-corrected chi connectivity index (χ3v) is 3.85. The quantitative estimate of drug-likeness (QED) is 0.825. The lowest BCUT2D eigenvalue weighted by Gasteiger charge is -2.28. The second-order valence-electron chi connectivity index (χ2n) is 5.09. The molecule has 0 unspecified atom stereocenters. The van der Waals surface area contributed by atoms with Crippen molar-refractivity contribution in [2.75, 3.05) is 13.2 Å². The molecule has 1 fully saturated rings. The maximum absolute atomic E-state index is 11.2. The largest absolute Gasteiger partial charge is 0.478 e. The lowest BCUT2D eigenvalue weighted by atomic mass is 10.1. The standard InChI is InChI=1S/C15H21NO3/c17-10-9-16(13-6-2-3-7-13)11-12-5-1-4-8-14(12)15(18)19/h1,4-5,8,13,17H,2-3,6-7,9-11H2,(H,18,19). The van der Waals surface area contributed by atoms with Gasteiger partial charge in [-0.25, -0.2) is 4.79 Å². The second kappa shape index (κ2) is 6.68. The summed E-state index contributed by atoms with van der Waals surface area (Å²) >= 11 is 0. The number of hydrogen-bond donors (Lipinski definition) is 2. The summed E-state index contributed by atoms with van der Waals surface area (Å²) in [6.45, 7) is 1.33. The van der Waals surface area contributed by atoms with Crippen LogP contribution in [-0.4, -0.2) is 40.3 Å². The minimum Gasteiger partial charge on any atom is -0.478 e. The highest BCUT2D eigenvalue weighted by Gasteiger charge is 2.23. The van der Waals surface area contributed by atoms with Gasteiger partial charge in [-0.2, -0.15) is 0 Å². The van der Waals surface area contributed by atoms with Gasteiger partial charge in [0.25, 0.3) is 0 Å². The summed E-state index contributed by atoms with van der Waals surface area (Å²) < 4.78 is 0. The molecule has 0 bridgehead atoms. The van der Waals surface area contributed by atoms with Crippen LogP contribution in [0.2, 0.25) is 0 Å². The monoisotopic (exact) mass is 263 g/mol. The van der Waals surface area contributed by atoms with E-state index in [0.29, 0.717) is 24.7 Å². The molecule has 104 valence electrons. The minimum atomic E-state index is -0.883. The summed E-state index contributed by atoms with van der Waals surface area (Å²) in [6.07, 6.45) is 4.75. The van der Waals surface area contributed by atoms with Gasteiger partial charge in [0.15, 0.2) is 0 Å². The Bertz CT molecular complexity index is 427. The molecule has 0 aliphatic heterocycles. The Hall–Kier alpha value is -1.39. The van der Waals surface area contributed by atoms with Gasteiger partial charge in [0, 0.05) is 19.1 Å². The molecular formula is C15H21NO3. The number of carboxylic acid groups (broad SMARTS) is 1. The molecule has 19 heavy (non-hydrogen) atoms. The number of aliphatic hydroxyl groups is 1. The Labute approximate surface area is 113 Å². The van der Waals surface area contributed by atoms with Crippen LogP contribution in [0.1, 0.15) is 41.6 Å². The van der Waals surface area contributed by atoms with E-state index in [9.17, 15) is 15.0 Å². The van der Waals surface area contributed by atoms with Gasteiger partial charge in [-0.15, -0.1) is 0 Å². The maximum Gasteiger partial charge on any atom is 0.336 e. The lowest BCUT2D eigenvalue weighted by molar-refractivity contribution is 0.0693. The van der Waals surface area contributed by atoms with Gasteiger partial charge in [0.05, 0.1) is 12.2 Å². The summed E-state index contributed by atoms with van der Waals surface area (Å²) in [5, 5.41) is 18.4. The van der Waals surface area contributed by atoms with Crippen molar-refractivity contribution in [3.63, 3.8) is 0 Å². The van der Waals surface area contributed by atoms with Crippen LogP contribution in [0.4, 0.5) is 0 Å². The van der Waals surface area contributed by atoms with Crippen LogP contribution in [0.15, 0.2) is 24.3 Å². The van der Waals surface area contributed by atoms with Gasteiger partial charge < -0.3 is 10.2 Å². The Morgan fingerprint density at radius 2 is 1.95 bits per heavy atom. The highest BCUT2D eigenvalue weighted by molar-refractivity contribution is 5.89. The van der Waals surface area contributed by atoms with Crippen molar-refractivity contribution in [2.24, 2.45) is 0 Å². The third-order valence-electron chi connectivity index (χ3n) is 3.85. The predicted molar refractivity (Wildman–Crippen MR) is 73.2 cm³/mol. The van der Waals surface area contributed by atoms with Crippen LogP contribution in [0.5, 0.6) is 0 Å². The van der Waals surface area contributed by atoms with E-state index in [2.05, 4.69) is 4.90 Å². The lowest BCUT2D eigenvalue weighted by Crippen LogP contribution is -2.35. The number of benzene rings is 1. The smallest absolute Gasteiger partial charge is 0.336 e. The fraction of sp³-hybridized carbons (Fsp3) is 0.533. The Kier molecular flexibility index (Phi) is 4.93. The number of carboxylic acids is 1. The average Bonchev–Trinajstić information content (AvgIpc) is 2.92. The highest BCUT2D eigenvalue weighted by atomic mass is 16.4. The molecule has 0 amide bonds. The van der Waals surface area contributed by atoms with E-state index in [-0.39, 0.29) is 6.61 Å². The van der Waals surface area contributed by atoms with Crippen molar-refractivity contribution >= 4 is 5.97 Å². The Morgan fingerprint density at radius 3 is 2.58 bits per heavy atom. The van der Waals surface area contributed by atoms with E-state index in [0.717, 1.165) is 18.4 Å². The van der Waals surface area contributed by atoms with E-state index < -0.39 is 5.97 Å². The van der Waals surface area contributed by atoms with Gasteiger partial charge >= 0.3 is 5.97 Å². The van der Waals surface area contributed by atoms with Crippen molar-refractivity contribution in [2.45, 2.75) is 38.3 Å². The average molecular weight is 263 g/mol. The van der Waals surface area contributed by atoms with Gasteiger partial charge in [-0.1, -0.05) is 31.0 Å². The van der Waals surface area contributed by atoms with E-state index in [4.69, 9.17) is 0 Å². The molecule has 4 heteroatoms. The van der Waals surface area contributed by atoms with Crippen molar-refractivity contribution in [1.82, 2.24) is 4.90 Å². The molecule has 0 saturated heterocycles. The summed E-state index contributed by atoms with van der Waals surface area (Å²) in [5.41, 5.74) is 1.19. The molecular weight excluding hydrogens is 242 g/mol. The molecule has 2 rings (SSSR count). The van der Waals surface area contributed by atoms with Crippen molar-refractivity contribution in [3.05, 3.63) is 35.4 Å². The number of aromatic carboxylic acids is 1. The summed E-state index contributed by atoms with van der Waals surface area (Å²) in [5.74, 6) is -0.883. The van der Waals surface area contributed by atoms with E-state index in [1.165, 1.54) is 12.8 Å². The first kappa shape index (κ1) is 14.0. The van der Waals surface area contributed by atoms with E-state index in [1.807, 2.05) is 12.1 Å². The zero-order valence-corrected chi connectivity index (χ0v) is 11.1. The molecule has 1 aromatic carbocycles. The number of rotatable bonds is 6. The summed E-state index contributed by atoms with van der Waals surface area (Å²) in [7, 11) is 0. The van der Waals surface area contributed by atoms with Crippen LogP contribution in [-0.2, 0) is 6.54 Å². The molecule has 1 saturated carbocycles. The van der Waals surface area contributed by atoms with Gasteiger partial charge in [0.2, 0.25) is 0 Å².